The number of hydrogen-bond acceptors (Lipinski definition) is 4. The summed E-state index contributed by atoms with van der Waals surface area (Å²) >= 11 is 0. The first kappa shape index (κ1) is 22.8. The Hall–Kier alpha value is -0.460. The highest BCUT2D eigenvalue weighted by Crippen LogP contribution is 2.22. The van der Waals surface area contributed by atoms with Crippen LogP contribution in [0.2, 0.25) is 0 Å². The second-order valence-electron chi connectivity index (χ2n) is 4.08. The van der Waals surface area contributed by atoms with E-state index in [1.54, 1.807) is 0 Å². The zero-order valence-electron chi connectivity index (χ0n) is 12.2. The number of halogens is 4. The lowest BCUT2D eigenvalue weighted by atomic mass is 10.3. The quantitative estimate of drug-likeness (QED) is 0.442. The van der Waals surface area contributed by atoms with Gasteiger partial charge < -0.3 is 4.48 Å². The molecular formula is C9H21F4N2O4S2+. The standard InChI is InChI=1S/C8H20N.CHF4NO4S2/c1-5-9(6-2,7-3)8-4;2-1(3,4)11(7,8)6-12(5,9)10/h5-8H2,1-4H3;6H/q+1;. The van der Waals surface area contributed by atoms with Crippen LogP contribution in [0.1, 0.15) is 27.7 Å². The van der Waals surface area contributed by atoms with E-state index < -0.39 is 25.9 Å². The second kappa shape index (κ2) is 8.25. The summed E-state index contributed by atoms with van der Waals surface area (Å²) in [4.78, 5) is 0. The fourth-order valence-corrected chi connectivity index (χ4v) is 2.95. The minimum Gasteiger partial charge on any atom is -0.325 e. The highest BCUT2D eigenvalue weighted by Gasteiger charge is 2.48. The molecule has 0 aromatic rings. The molecule has 0 aliphatic heterocycles. The molecule has 6 nitrogen and oxygen atoms in total. The number of quaternary nitrogens is 1. The average molecular weight is 361 g/mol. The predicted octanol–water partition coefficient (Wildman–Crippen LogP) is 1.52. The SMILES string of the molecule is CC[N+](CC)(CC)CC.O=S(=O)(F)NS(=O)(=O)C(F)(F)F. The molecule has 1 N–H and O–H groups in total. The molecule has 0 aliphatic rings. The van der Waals surface area contributed by atoms with E-state index >= 15 is 0 Å². The zero-order valence-corrected chi connectivity index (χ0v) is 13.9. The molecule has 0 aromatic heterocycles. The maximum absolute atomic E-state index is 11.4. The molecule has 0 bridgehead atoms. The summed E-state index contributed by atoms with van der Waals surface area (Å²) in [5.41, 5.74) is -5.86. The van der Waals surface area contributed by atoms with Crippen molar-refractivity contribution in [3.63, 3.8) is 0 Å². The number of hydrogen-bond donors (Lipinski definition) is 1. The van der Waals surface area contributed by atoms with Crippen molar-refractivity contribution in [2.75, 3.05) is 26.2 Å². The van der Waals surface area contributed by atoms with Crippen molar-refractivity contribution >= 4 is 20.4 Å². The smallest absolute Gasteiger partial charge is 0.325 e. The maximum Gasteiger partial charge on any atom is 0.512 e. The lowest BCUT2D eigenvalue weighted by Gasteiger charge is -2.34. The summed E-state index contributed by atoms with van der Waals surface area (Å²) in [6, 6.07) is 0. The first-order valence-electron chi connectivity index (χ1n) is 6.09. The molecule has 0 radical (unpaired) electrons. The zero-order chi connectivity index (χ0) is 17.5. The number of sulfonamides is 1. The van der Waals surface area contributed by atoms with Crippen LogP contribution in [0.5, 0.6) is 0 Å². The van der Waals surface area contributed by atoms with E-state index in [1.165, 1.54) is 30.7 Å². The van der Waals surface area contributed by atoms with Crippen molar-refractivity contribution in [2.24, 2.45) is 0 Å². The third-order valence-electron chi connectivity index (χ3n) is 3.20. The molecule has 0 atom stereocenters. The second-order valence-corrected chi connectivity index (χ2v) is 7.09. The van der Waals surface area contributed by atoms with Crippen molar-refractivity contribution < 1.29 is 38.4 Å². The van der Waals surface area contributed by atoms with Gasteiger partial charge in [-0.05, 0) is 27.7 Å². The molecule has 0 saturated carbocycles. The van der Waals surface area contributed by atoms with E-state index in [0.717, 1.165) is 0 Å². The molecule has 12 heteroatoms. The summed E-state index contributed by atoms with van der Waals surface area (Å²) in [5.74, 6) is 0. The molecule has 130 valence electrons. The fraction of sp³-hybridized carbons (Fsp3) is 1.00. The van der Waals surface area contributed by atoms with Crippen LogP contribution < -0.4 is 4.13 Å². The summed E-state index contributed by atoms with van der Waals surface area (Å²) < 4.78 is 84.8. The Morgan fingerprint density at radius 2 is 1.14 bits per heavy atom. The van der Waals surface area contributed by atoms with Gasteiger partial charge in [0.25, 0.3) is 0 Å². The topological polar surface area (TPSA) is 80.3 Å². The Bertz CT molecular complexity index is 481. The number of nitrogens with one attached hydrogen (secondary N) is 1. The Labute approximate surface area is 123 Å². The number of rotatable bonds is 6. The van der Waals surface area contributed by atoms with E-state index in [-0.39, 0.29) is 4.13 Å². The molecule has 0 aromatic carbocycles. The Balaban J connectivity index is 0. The van der Waals surface area contributed by atoms with Crippen molar-refractivity contribution in [3.05, 3.63) is 0 Å². The Kier molecular flexibility index (Phi) is 8.96. The van der Waals surface area contributed by atoms with Crippen LogP contribution in [0.4, 0.5) is 17.1 Å². The summed E-state index contributed by atoms with van der Waals surface area (Å²) in [6.45, 7) is 14.2. The van der Waals surface area contributed by atoms with Gasteiger partial charge in [0.05, 0.1) is 26.2 Å². The van der Waals surface area contributed by atoms with E-state index in [0.29, 0.717) is 0 Å². The molecule has 0 amide bonds. The molecule has 0 aliphatic carbocycles. The van der Waals surface area contributed by atoms with Gasteiger partial charge in [0.2, 0.25) is 0 Å². The normalized spacial score (nSPS) is 13.5. The lowest BCUT2D eigenvalue weighted by Crippen LogP contribution is -2.47. The first-order valence-corrected chi connectivity index (χ1v) is 8.96. The number of alkyl halides is 3. The molecular weight excluding hydrogens is 340 g/mol. The minimum atomic E-state index is -6.17. The van der Waals surface area contributed by atoms with Crippen LogP contribution >= 0.6 is 0 Å². The van der Waals surface area contributed by atoms with E-state index in [2.05, 4.69) is 27.7 Å². The molecule has 0 fully saturated rings. The molecule has 0 heterocycles. The minimum absolute atomic E-state index is 0.212. The van der Waals surface area contributed by atoms with Gasteiger partial charge in [-0.3, -0.25) is 0 Å². The highest BCUT2D eigenvalue weighted by atomic mass is 32.3. The molecule has 0 saturated heterocycles. The third-order valence-corrected chi connectivity index (χ3v) is 5.48. The fourth-order valence-electron chi connectivity index (χ4n) is 1.52. The largest absolute Gasteiger partial charge is 0.512 e. The summed E-state index contributed by atoms with van der Waals surface area (Å²) in [5, 5.41) is 0. The lowest BCUT2D eigenvalue weighted by molar-refractivity contribution is -0.921. The van der Waals surface area contributed by atoms with Crippen LogP contribution in [-0.2, 0) is 20.4 Å². The monoisotopic (exact) mass is 361 g/mol. The van der Waals surface area contributed by atoms with Gasteiger partial charge in [-0.1, -0.05) is 8.01 Å². The van der Waals surface area contributed by atoms with E-state index in [9.17, 15) is 33.9 Å². The number of nitrogens with zero attached hydrogens (tertiary/aromatic N) is 1. The molecule has 0 spiro atoms. The van der Waals surface area contributed by atoms with Crippen LogP contribution in [0, 0.1) is 0 Å². The van der Waals surface area contributed by atoms with Crippen molar-refractivity contribution in [1.29, 1.82) is 0 Å². The molecule has 21 heavy (non-hydrogen) atoms. The van der Waals surface area contributed by atoms with Crippen LogP contribution in [-0.4, -0.2) is 53.0 Å². The van der Waals surface area contributed by atoms with Crippen LogP contribution in [0.15, 0.2) is 0 Å². The van der Waals surface area contributed by atoms with Crippen LogP contribution in [0.3, 0.4) is 0 Å². The van der Waals surface area contributed by atoms with Gasteiger partial charge in [0.15, 0.2) is 0 Å². The van der Waals surface area contributed by atoms with Crippen molar-refractivity contribution in [3.8, 4) is 0 Å². The average Bonchev–Trinajstić information content (AvgIpc) is 2.29. The molecule has 0 rings (SSSR count). The molecule has 0 unspecified atom stereocenters. The third kappa shape index (κ3) is 8.53. The first-order chi connectivity index (χ1) is 9.20. The van der Waals surface area contributed by atoms with Gasteiger partial charge in [0, 0.05) is 0 Å². The Morgan fingerprint density at radius 3 is 1.19 bits per heavy atom. The van der Waals surface area contributed by atoms with Gasteiger partial charge in [-0.2, -0.15) is 21.6 Å². The van der Waals surface area contributed by atoms with E-state index in [4.69, 9.17) is 0 Å². The highest BCUT2D eigenvalue weighted by molar-refractivity contribution is 8.03. The van der Waals surface area contributed by atoms with Gasteiger partial charge in [-0.25, -0.2) is 8.42 Å². The Morgan fingerprint density at radius 1 is 0.857 bits per heavy atom. The summed E-state index contributed by atoms with van der Waals surface area (Å²) in [6.07, 6.45) is 0. The van der Waals surface area contributed by atoms with Gasteiger partial charge in [-0.15, -0.1) is 0 Å². The summed E-state index contributed by atoms with van der Waals surface area (Å²) in [7, 11) is -12.1. The maximum atomic E-state index is 11.4. The van der Waals surface area contributed by atoms with Crippen molar-refractivity contribution in [2.45, 2.75) is 33.2 Å². The van der Waals surface area contributed by atoms with E-state index in [1.807, 2.05) is 0 Å². The van der Waals surface area contributed by atoms with Gasteiger partial charge in [0.1, 0.15) is 0 Å². The van der Waals surface area contributed by atoms with Crippen LogP contribution in [0.25, 0.3) is 0 Å². The van der Waals surface area contributed by atoms with Gasteiger partial charge >= 0.3 is 25.9 Å². The predicted molar refractivity (Wildman–Crippen MR) is 70.6 cm³/mol. The van der Waals surface area contributed by atoms with Crippen molar-refractivity contribution in [1.82, 2.24) is 4.13 Å².